The Kier molecular flexibility index (Phi) is 9.18. The fraction of sp³-hybridized carbons (Fsp3) is 0.323. The number of fused-ring (bicyclic) bond motifs is 1. The summed E-state index contributed by atoms with van der Waals surface area (Å²) in [7, 11) is 3.19. The molecule has 10 heteroatoms. The minimum atomic E-state index is -0.388. The molecule has 1 aliphatic rings. The third kappa shape index (κ3) is 6.70. The van der Waals surface area contributed by atoms with Crippen LogP contribution in [-0.4, -0.2) is 49.5 Å². The van der Waals surface area contributed by atoms with Gasteiger partial charge in [0.25, 0.3) is 0 Å². The van der Waals surface area contributed by atoms with Gasteiger partial charge in [-0.3, -0.25) is 10.1 Å². The van der Waals surface area contributed by atoms with Crippen molar-refractivity contribution >= 4 is 33.9 Å². The summed E-state index contributed by atoms with van der Waals surface area (Å²) in [5.74, 6) is 1.29. The molecule has 0 radical (unpaired) electrons. The molecule has 0 bridgehead atoms. The molecule has 9 nitrogen and oxygen atoms in total. The number of methoxy groups -OCH3 is 2. The van der Waals surface area contributed by atoms with Gasteiger partial charge < -0.3 is 23.8 Å². The minimum Gasteiger partial charge on any atom is -0.497 e. The number of halogens is 1. The molecule has 214 valence electrons. The van der Waals surface area contributed by atoms with Gasteiger partial charge in [-0.25, -0.2) is 4.98 Å². The fourth-order valence-electron chi connectivity index (χ4n) is 5.27. The van der Waals surface area contributed by atoms with Gasteiger partial charge >= 0.3 is 5.69 Å². The second-order valence-corrected chi connectivity index (χ2v) is 10.3. The van der Waals surface area contributed by atoms with Crippen LogP contribution in [0.2, 0.25) is 5.02 Å². The molecule has 0 saturated carbocycles. The zero-order valence-electron chi connectivity index (χ0n) is 23.0. The molecule has 1 fully saturated rings. The number of nitro groups is 1. The van der Waals surface area contributed by atoms with Crippen molar-refractivity contribution in [2.75, 3.05) is 32.3 Å². The van der Waals surface area contributed by atoms with Gasteiger partial charge in [0.1, 0.15) is 23.4 Å². The average Bonchev–Trinajstić information content (AvgIpc) is 3.00. The topological polar surface area (TPSA) is 96.2 Å². The van der Waals surface area contributed by atoms with Crippen molar-refractivity contribution < 1.29 is 23.9 Å². The van der Waals surface area contributed by atoms with E-state index in [9.17, 15) is 10.1 Å². The standard InChI is InChI=1S/C31H32ClN3O6/c1-38-25-10-8-22(30(16-25)39-2)18-34(31-27-14-23(32)9-11-28(27)33-17-29(31)35(36)37)24-12-13-41-26(15-24)20-40-19-21-6-4-3-5-7-21/h3-11,14,16-17,24,26H,12-13,15,18-20H2,1-2H3/t24-,26+/m1/s1. The molecular weight excluding hydrogens is 546 g/mol. The quantitative estimate of drug-likeness (QED) is 0.146. The Labute approximate surface area is 243 Å². The van der Waals surface area contributed by atoms with Gasteiger partial charge in [-0.2, -0.15) is 0 Å². The number of hydrogen-bond acceptors (Lipinski definition) is 8. The van der Waals surface area contributed by atoms with Crippen molar-refractivity contribution in [3.8, 4) is 11.5 Å². The third-order valence-electron chi connectivity index (χ3n) is 7.30. The zero-order chi connectivity index (χ0) is 28.8. The Hall–Kier alpha value is -3.92. The normalized spacial score (nSPS) is 16.9. The van der Waals surface area contributed by atoms with Crippen LogP contribution in [0.3, 0.4) is 0 Å². The lowest BCUT2D eigenvalue weighted by Crippen LogP contribution is -2.44. The lowest BCUT2D eigenvalue weighted by atomic mass is 9.98. The highest BCUT2D eigenvalue weighted by Gasteiger charge is 2.33. The average molecular weight is 578 g/mol. The highest BCUT2D eigenvalue weighted by Crippen LogP contribution is 2.41. The van der Waals surface area contributed by atoms with Crippen molar-refractivity contribution in [2.45, 2.75) is 38.1 Å². The largest absolute Gasteiger partial charge is 0.497 e. The second kappa shape index (κ2) is 13.2. The second-order valence-electron chi connectivity index (χ2n) is 9.89. The van der Waals surface area contributed by atoms with Gasteiger partial charge in [0.2, 0.25) is 0 Å². The number of hydrogen-bond donors (Lipinski definition) is 0. The van der Waals surface area contributed by atoms with Crippen LogP contribution in [-0.2, 0) is 22.6 Å². The Balaban J connectivity index is 1.52. The van der Waals surface area contributed by atoms with E-state index in [1.807, 2.05) is 48.5 Å². The predicted octanol–water partition coefficient (Wildman–Crippen LogP) is 6.58. The van der Waals surface area contributed by atoms with Crippen LogP contribution in [0.25, 0.3) is 10.9 Å². The molecule has 41 heavy (non-hydrogen) atoms. The molecule has 2 heterocycles. The van der Waals surface area contributed by atoms with Crippen LogP contribution >= 0.6 is 11.6 Å². The van der Waals surface area contributed by atoms with Crippen molar-refractivity contribution in [3.63, 3.8) is 0 Å². The third-order valence-corrected chi connectivity index (χ3v) is 7.53. The van der Waals surface area contributed by atoms with E-state index in [0.29, 0.717) is 72.3 Å². The SMILES string of the molecule is COc1ccc(CN(c2c([N+](=O)[O-])cnc3ccc(Cl)cc23)[C@@H]2CCO[C@H](COCc3ccccc3)C2)c(OC)c1. The van der Waals surface area contributed by atoms with E-state index in [0.717, 1.165) is 11.1 Å². The maximum Gasteiger partial charge on any atom is 0.311 e. The van der Waals surface area contributed by atoms with Crippen LogP contribution in [0.5, 0.6) is 11.5 Å². The molecule has 0 amide bonds. The van der Waals surface area contributed by atoms with Gasteiger partial charge in [-0.1, -0.05) is 41.9 Å². The van der Waals surface area contributed by atoms with E-state index in [4.69, 9.17) is 30.5 Å². The number of nitrogens with zero attached hydrogens (tertiary/aromatic N) is 3. The van der Waals surface area contributed by atoms with E-state index in [-0.39, 0.29) is 22.8 Å². The maximum atomic E-state index is 12.4. The summed E-state index contributed by atoms with van der Waals surface area (Å²) in [6.45, 7) is 1.74. The molecule has 1 aromatic heterocycles. The minimum absolute atomic E-state index is 0.0874. The number of benzene rings is 3. The molecule has 0 N–H and O–H groups in total. The lowest BCUT2D eigenvalue weighted by Gasteiger charge is -2.39. The molecular formula is C31H32ClN3O6. The lowest BCUT2D eigenvalue weighted by molar-refractivity contribution is -0.384. The predicted molar refractivity (Wildman–Crippen MR) is 158 cm³/mol. The highest BCUT2D eigenvalue weighted by atomic mass is 35.5. The molecule has 1 aliphatic heterocycles. The van der Waals surface area contributed by atoms with E-state index in [1.165, 1.54) is 6.20 Å². The number of aromatic nitrogens is 1. The maximum absolute atomic E-state index is 12.4. The molecule has 4 aromatic rings. The molecule has 1 saturated heterocycles. The summed E-state index contributed by atoms with van der Waals surface area (Å²) in [6, 6.07) is 20.7. The van der Waals surface area contributed by atoms with Gasteiger partial charge in [-0.15, -0.1) is 0 Å². The van der Waals surface area contributed by atoms with Crippen molar-refractivity contribution in [3.05, 3.63) is 99.2 Å². The van der Waals surface area contributed by atoms with Crippen molar-refractivity contribution in [2.24, 2.45) is 0 Å². The van der Waals surface area contributed by atoms with E-state index in [2.05, 4.69) is 9.88 Å². The van der Waals surface area contributed by atoms with Crippen molar-refractivity contribution in [1.29, 1.82) is 0 Å². The first-order valence-corrected chi connectivity index (χ1v) is 13.8. The molecule has 0 spiro atoms. The first-order chi connectivity index (χ1) is 20.0. The number of pyridine rings is 1. The fourth-order valence-corrected chi connectivity index (χ4v) is 5.45. The Morgan fingerprint density at radius 1 is 1.10 bits per heavy atom. The van der Waals surface area contributed by atoms with E-state index in [1.54, 1.807) is 32.4 Å². The van der Waals surface area contributed by atoms with E-state index >= 15 is 0 Å². The first kappa shape index (κ1) is 28.6. The van der Waals surface area contributed by atoms with Crippen LogP contribution in [0.15, 0.2) is 72.9 Å². The number of anilines is 1. The van der Waals surface area contributed by atoms with E-state index < -0.39 is 0 Å². The summed E-state index contributed by atoms with van der Waals surface area (Å²) in [5.41, 5.74) is 2.95. The zero-order valence-corrected chi connectivity index (χ0v) is 23.8. The van der Waals surface area contributed by atoms with Crippen LogP contribution in [0, 0.1) is 10.1 Å². The summed E-state index contributed by atoms with van der Waals surface area (Å²) in [4.78, 5) is 18.4. The molecule has 2 atom stereocenters. The monoisotopic (exact) mass is 577 g/mol. The summed E-state index contributed by atoms with van der Waals surface area (Å²) < 4.78 is 23.2. The number of rotatable bonds is 11. The van der Waals surface area contributed by atoms with Gasteiger partial charge in [-0.05, 0) is 48.7 Å². The van der Waals surface area contributed by atoms with Crippen LogP contribution in [0.1, 0.15) is 24.0 Å². The Morgan fingerprint density at radius 3 is 2.68 bits per heavy atom. The van der Waals surface area contributed by atoms with Crippen LogP contribution in [0.4, 0.5) is 11.4 Å². The smallest absolute Gasteiger partial charge is 0.311 e. The highest BCUT2D eigenvalue weighted by molar-refractivity contribution is 6.31. The summed E-state index contributed by atoms with van der Waals surface area (Å²) >= 11 is 6.40. The van der Waals surface area contributed by atoms with Crippen LogP contribution < -0.4 is 14.4 Å². The summed E-state index contributed by atoms with van der Waals surface area (Å²) in [6.07, 6.45) is 2.45. The Bertz CT molecular complexity index is 1500. The molecule has 5 rings (SSSR count). The van der Waals surface area contributed by atoms with Gasteiger partial charge in [0.15, 0.2) is 0 Å². The summed E-state index contributed by atoms with van der Waals surface area (Å²) in [5, 5.41) is 13.4. The molecule has 0 unspecified atom stereocenters. The van der Waals surface area contributed by atoms with Gasteiger partial charge in [0, 0.05) is 41.2 Å². The molecule has 3 aromatic carbocycles. The van der Waals surface area contributed by atoms with Crippen molar-refractivity contribution in [1.82, 2.24) is 4.98 Å². The molecule has 0 aliphatic carbocycles. The van der Waals surface area contributed by atoms with Gasteiger partial charge in [0.05, 0.1) is 44.0 Å². The number of ether oxygens (including phenoxy) is 4. The first-order valence-electron chi connectivity index (χ1n) is 13.4. The Morgan fingerprint density at radius 2 is 1.93 bits per heavy atom.